The number of anilines is 1. The summed E-state index contributed by atoms with van der Waals surface area (Å²) in [5.41, 5.74) is 6.53. The molecule has 1 saturated carbocycles. The van der Waals surface area contributed by atoms with Gasteiger partial charge in [0.2, 0.25) is 0 Å². The minimum Gasteiger partial charge on any atom is -0.355 e. The number of nitrogens with zero attached hydrogens (tertiary/aromatic N) is 3. The third kappa shape index (κ3) is 2.09. The van der Waals surface area contributed by atoms with E-state index in [1.54, 1.807) is 12.4 Å². The highest BCUT2D eigenvalue weighted by Gasteiger charge is 2.31. The fourth-order valence-corrected chi connectivity index (χ4v) is 1.89. The molecule has 0 amide bonds. The Morgan fingerprint density at radius 3 is 2.73 bits per heavy atom. The molecule has 0 aromatic carbocycles. The van der Waals surface area contributed by atoms with E-state index in [4.69, 9.17) is 5.73 Å². The Bertz CT molecular complexity index is 335. The van der Waals surface area contributed by atoms with Crippen LogP contribution in [0.1, 0.15) is 25.5 Å². The van der Waals surface area contributed by atoms with Gasteiger partial charge in [-0.3, -0.25) is 4.98 Å². The first-order valence-corrected chi connectivity index (χ1v) is 5.46. The van der Waals surface area contributed by atoms with Crippen molar-refractivity contribution in [3.8, 4) is 0 Å². The molecule has 1 aromatic rings. The summed E-state index contributed by atoms with van der Waals surface area (Å²) in [6.45, 7) is 2.69. The average molecular weight is 206 g/mol. The molecule has 1 heterocycles. The Morgan fingerprint density at radius 1 is 1.47 bits per heavy atom. The normalized spacial score (nSPS) is 17.5. The molecule has 4 heteroatoms. The molecule has 1 aliphatic rings. The molecule has 0 aliphatic heterocycles. The molecule has 1 aromatic heterocycles. The third-order valence-electron chi connectivity index (χ3n) is 3.19. The standard InChI is InChI=1S/C11H18N4/c1-8(9-3-4-9)15(2)11-10(7-12)13-5-6-14-11/h5-6,8-9H,3-4,7,12H2,1-2H3. The van der Waals surface area contributed by atoms with Crippen molar-refractivity contribution in [2.24, 2.45) is 11.7 Å². The molecule has 0 bridgehead atoms. The molecule has 1 atom stereocenters. The summed E-state index contributed by atoms with van der Waals surface area (Å²) >= 11 is 0. The van der Waals surface area contributed by atoms with E-state index in [0.29, 0.717) is 12.6 Å². The largest absolute Gasteiger partial charge is 0.355 e. The van der Waals surface area contributed by atoms with Crippen molar-refractivity contribution in [3.63, 3.8) is 0 Å². The SMILES string of the molecule is CC(C1CC1)N(C)c1nccnc1CN. The number of hydrogen-bond acceptors (Lipinski definition) is 4. The topological polar surface area (TPSA) is 55.0 Å². The minimum atomic E-state index is 0.449. The van der Waals surface area contributed by atoms with E-state index in [0.717, 1.165) is 17.4 Å². The first-order chi connectivity index (χ1) is 7.24. The summed E-state index contributed by atoms with van der Waals surface area (Å²) in [5.74, 6) is 1.75. The highest BCUT2D eigenvalue weighted by Crippen LogP contribution is 2.36. The Hall–Kier alpha value is -1.16. The van der Waals surface area contributed by atoms with Crippen molar-refractivity contribution in [3.05, 3.63) is 18.1 Å². The Kier molecular flexibility index (Phi) is 2.86. The molecule has 82 valence electrons. The zero-order chi connectivity index (χ0) is 10.8. The maximum Gasteiger partial charge on any atom is 0.151 e. The molecular weight excluding hydrogens is 188 g/mol. The molecule has 1 aliphatic carbocycles. The second-order valence-electron chi connectivity index (χ2n) is 4.22. The van der Waals surface area contributed by atoms with E-state index in [1.807, 2.05) is 0 Å². The molecule has 2 N–H and O–H groups in total. The van der Waals surface area contributed by atoms with E-state index < -0.39 is 0 Å². The highest BCUT2D eigenvalue weighted by atomic mass is 15.2. The van der Waals surface area contributed by atoms with Crippen LogP contribution >= 0.6 is 0 Å². The van der Waals surface area contributed by atoms with Gasteiger partial charge in [0.15, 0.2) is 5.82 Å². The lowest BCUT2D eigenvalue weighted by molar-refractivity contribution is 0.600. The van der Waals surface area contributed by atoms with Gasteiger partial charge >= 0.3 is 0 Å². The van der Waals surface area contributed by atoms with Gasteiger partial charge in [-0.05, 0) is 25.7 Å². The van der Waals surface area contributed by atoms with E-state index >= 15 is 0 Å². The lowest BCUT2D eigenvalue weighted by Crippen LogP contribution is -2.32. The van der Waals surface area contributed by atoms with E-state index in [-0.39, 0.29) is 0 Å². The van der Waals surface area contributed by atoms with Crippen LogP contribution in [0.15, 0.2) is 12.4 Å². The second-order valence-corrected chi connectivity index (χ2v) is 4.22. The van der Waals surface area contributed by atoms with Crippen molar-refractivity contribution in [1.82, 2.24) is 9.97 Å². The first kappa shape index (κ1) is 10.4. The molecule has 4 nitrogen and oxygen atoms in total. The van der Waals surface area contributed by atoms with Crippen molar-refractivity contribution in [2.75, 3.05) is 11.9 Å². The molecule has 1 unspecified atom stereocenters. The van der Waals surface area contributed by atoms with Gasteiger partial charge in [-0.2, -0.15) is 0 Å². The van der Waals surface area contributed by atoms with E-state index in [2.05, 4.69) is 28.8 Å². The summed E-state index contributed by atoms with van der Waals surface area (Å²) in [5, 5.41) is 0. The van der Waals surface area contributed by atoms with Gasteiger partial charge in [0.05, 0.1) is 5.69 Å². The van der Waals surface area contributed by atoms with Crippen LogP contribution in [-0.4, -0.2) is 23.1 Å². The zero-order valence-corrected chi connectivity index (χ0v) is 9.35. The summed E-state index contributed by atoms with van der Waals surface area (Å²) in [4.78, 5) is 10.8. The van der Waals surface area contributed by atoms with Gasteiger partial charge < -0.3 is 10.6 Å². The van der Waals surface area contributed by atoms with Gasteiger partial charge in [-0.1, -0.05) is 0 Å². The summed E-state index contributed by atoms with van der Waals surface area (Å²) in [6, 6.07) is 0.534. The number of rotatable bonds is 4. The molecule has 1 fully saturated rings. The summed E-state index contributed by atoms with van der Waals surface area (Å²) < 4.78 is 0. The van der Waals surface area contributed by atoms with Gasteiger partial charge in [0, 0.05) is 32.0 Å². The van der Waals surface area contributed by atoms with Crippen LogP contribution in [0.4, 0.5) is 5.82 Å². The maximum absolute atomic E-state index is 5.65. The number of nitrogens with two attached hydrogens (primary N) is 1. The van der Waals surface area contributed by atoms with Gasteiger partial charge in [-0.15, -0.1) is 0 Å². The van der Waals surface area contributed by atoms with Crippen LogP contribution < -0.4 is 10.6 Å². The second kappa shape index (κ2) is 4.14. The molecule has 2 rings (SSSR count). The fraction of sp³-hybridized carbons (Fsp3) is 0.636. The third-order valence-corrected chi connectivity index (χ3v) is 3.19. The molecule has 0 saturated heterocycles. The van der Waals surface area contributed by atoms with E-state index in [9.17, 15) is 0 Å². The first-order valence-electron chi connectivity index (χ1n) is 5.46. The average Bonchev–Trinajstić information content (AvgIpc) is 3.11. The van der Waals surface area contributed by atoms with Gasteiger partial charge in [-0.25, -0.2) is 4.98 Å². The van der Waals surface area contributed by atoms with Crippen LogP contribution in [0.2, 0.25) is 0 Å². The lowest BCUT2D eigenvalue weighted by atomic mass is 10.2. The maximum atomic E-state index is 5.65. The van der Waals surface area contributed by atoms with Crippen molar-refractivity contribution in [2.45, 2.75) is 32.4 Å². The van der Waals surface area contributed by atoms with Crippen LogP contribution in [-0.2, 0) is 6.54 Å². The Morgan fingerprint density at radius 2 is 2.13 bits per heavy atom. The minimum absolute atomic E-state index is 0.449. The lowest BCUT2D eigenvalue weighted by Gasteiger charge is -2.27. The Labute approximate surface area is 90.5 Å². The molecule has 15 heavy (non-hydrogen) atoms. The molecular formula is C11H18N4. The van der Waals surface area contributed by atoms with E-state index in [1.165, 1.54) is 12.8 Å². The summed E-state index contributed by atoms with van der Waals surface area (Å²) in [7, 11) is 2.08. The highest BCUT2D eigenvalue weighted by molar-refractivity contribution is 5.43. The quantitative estimate of drug-likeness (QED) is 0.803. The zero-order valence-electron chi connectivity index (χ0n) is 9.35. The Balaban J connectivity index is 2.19. The van der Waals surface area contributed by atoms with Crippen molar-refractivity contribution in [1.29, 1.82) is 0 Å². The van der Waals surface area contributed by atoms with Crippen LogP contribution in [0.3, 0.4) is 0 Å². The predicted molar refractivity (Wildman–Crippen MR) is 60.5 cm³/mol. The smallest absolute Gasteiger partial charge is 0.151 e. The van der Waals surface area contributed by atoms with Gasteiger partial charge in [0.1, 0.15) is 0 Å². The van der Waals surface area contributed by atoms with Crippen molar-refractivity contribution < 1.29 is 0 Å². The predicted octanol–water partition coefficient (Wildman–Crippen LogP) is 1.17. The molecule has 0 spiro atoms. The van der Waals surface area contributed by atoms with Crippen molar-refractivity contribution >= 4 is 5.82 Å². The van der Waals surface area contributed by atoms with Crippen LogP contribution in [0.25, 0.3) is 0 Å². The molecule has 0 radical (unpaired) electrons. The van der Waals surface area contributed by atoms with Gasteiger partial charge in [0.25, 0.3) is 0 Å². The fourth-order valence-electron chi connectivity index (χ4n) is 1.89. The monoisotopic (exact) mass is 206 g/mol. The summed E-state index contributed by atoms with van der Waals surface area (Å²) in [6.07, 6.45) is 6.10. The van der Waals surface area contributed by atoms with Crippen LogP contribution in [0, 0.1) is 5.92 Å². The number of hydrogen-bond donors (Lipinski definition) is 1. The van der Waals surface area contributed by atoms with Crippen LogP contribution in [0.5, 0.6) is 0 Å². The number of aromatic nitrogens is 2.